The minimum Gasteiger partial charge on any atom is -0.491 e. The van der Waals surface area contributed by atoms with E-state index in [0.29, 0.717) is 28.5 Å². The lowest BCUT2D eigenvalue weighted by Crippen LogP contribution is -2.41. The molecule has 1 aromatic rings. The molecule has 2 fully saturated rings. The van der Waals surface area contributed by atoms with Crippen LogP contribution in [0.1, 0.15) is 37.1 Å². The number of hydroxylamine groups is 2. The third-order valence-electron chi connectivity index (χ3n) is 5.06. The first-order chi connectivity index (χ1) is 14.0. The normalized spacial score (nSPS) is 27.3. The van der Waals surface area contributed by atoms with E-state index in [1.54, 1.807) is 32.0 Å². The van der Waals surface area contributed by atoms with Gasteiger partial charge in [-0.05, 0) is 37.1 Å². The number of primary amides is 1. The smallest absolute Gasteiger partial charge is 0.418 e. The highest BCUT2D eigenvalue weighted by Gasteiger charge is 2.51. The van der Waals surface area contributed by atoms with Crippen LogP contribution >= 0.6 is 0 Å². The maximum Gasteiger partial charge on any atom is 0.418 e. The Labute approximate surface area is 172 Å². The molecule has 3 aliphatic rings. The van der Waals surface area contributed by atoms with E-state index in [9.17, 15) is 18.0 Å². The number of rotatable bonds is 6. The summed E-state index contributed by atoms with van der Waals surface area (Å²) in [5.74, 6) is -1.08. The van der Waals surface area contributed by atoms with E-state index in [4.69, 9.17) is 24.5 Å². The minimum absolute atomic E-state index is 0.0494. The predicted molar refractivity (Wildman–Crippen MR) is 98.1 cm³/mol. The zero-order valence-electron chi connectivity index (χ0n) is 16.2. The van der Waals surface area contributed by atoms with E-state index < -0.39 is 40.2 Å². The number of nitrogens with two attached hydrogens (primary N) is 1. The van der Waals surface area contributed by atoms with Crippen LogP contribution in [0.3, 0.4) is 0 Å². The van der Waals surface area contributed by atoms with Crippen LogP contribution in [-0.2, 0) is 29.0 Å². The van der Waals surface area contributed by atoms with Gasteiger partial charge < -0.3 is 24.8 Å². The van der Waals surface area contributed by atoms with Crippen LogP contribution < -0.4 is 10.5 Å². The molecule has 0 aromatic heterocycles. The van der Waals surface area contributed by atoms with Crippen molar-refractivity contribution < 1.29 is 41.1 Å². The van der Waals surface area contributed by atoms with Crippen LogP contribution in [0.25, 0.3) is 0 Å². The molecule has 2 bridgehead atoms. The summed E-state index contributed by atoms with van der Waals surface area (Å²) in [7, 11) is -4.96. The van der Waals surface area contributed by atoms with Crippen molar-refractivity contribution in [1.82, 2.24) is 9.96 Å². The largest absolute Gasteiger partial charge is 0.491 e. The third-order valence-corrected chi connectivity index (χ3v) is 5.41. The predicted octanol–water partition coefficient (Wildman–Crippen LogP) is 0.270. The molecule has 13 heteroatoms. The van der Waals surface area contributed by atoms with E-state index in [0.717, 1.165) is 4.90 Å². The number of carbonyl (C=O) groups excluding carboxylic acids is 2. The molecule has 3 aliphatic heterocycles. The van der Waals surface area contributed by atoms with Crippen molar-refractivity contribution in [3.63, 3.8) is 0 Å². The van der Waals surface area contributed by atoms with Crippen molar-refractivity contribution in [3.8, 4) is 5.75 Å². The summed E-state index contributed by atoms with van der Waals surface area (Å²) < 4.78 is 52.8. The lowest BCUT2D eigenvalue weighted by atomic mass is 9.90. The number of fused-ring (bicyclic) bond motifs is 4. The number of nitrogens with zero attached hydrogens (tertiary/aromatic N) is 2. The van der Waals surface area contributed by atoms with Gasteiger partial charge in [0.15, 0.2) is 5.79 Å². The average molecular weight is 443 g/mol. The number of ether oxygens (including phenoxy) is 3. The van der Waals surface area contributed by atoms with Gasteiger partial charge in [-0.25, -0.2) is 4.79 Å². The number of urea groups is 1. The Hall–Kier alpha value is -2.45. The first-order valence-electron chi connectivity index (χ1n) is 9.10. The van der Waals surface area contributed by atoms with E-state index in [2.05, 4.69) is 4.28 Å². The highest BCUT2D eigenvalue weighted by Crippen LogP contribution is 2.45. The zero-order valence-corrected chi connectivity index (χ0v) is 17.0. The number of amides is 3. The van der Waals surface area contributed by atoms with Crippen LogP contribution in [-0.4, -0.2) is 66.5 Å². The SMILES string of the molecule is CC1(C)OCC(COc2ccc3c(c2)[C@H]2CN(C(=O)N2OS(=O)(=O)O)C3C(N)=O)O1. The topological polar surface area (TPSA) is 158 Å². The van der Waals surface area contributed by atoms with E-state index >= 15 is 0 Å². The molecule has 2 unspecified atom stereocenters. The summed E-state index contributed by atoms with van der Waals surface area (Å²) in [4.78, 5) is 25.7. The fraction of sp³-hybridized carbons (Fsp3) is 0.529. The van der Waals surface area contributed by atoms with Gasteiger partial charge in [0.2, 0.25) is 5.91 Å². The molecule has 164 valence electrons. The van der Waals surface area contributed by atoms with E-state index in [1.165, 1.54) is 0 Å². The summed E-state index contributed by atoms with van der Waals surface area (Å²) in [5, 5.41) is 0.511. The summed E-state index contributed by atoms with van der Waals surface area (Å²) >= 11 is 0. The first kappa shape index (κ1) is 20.8. The summed E-state index contributed by atoms with van der Waals surface area (Å²) in [6.07, 6.45) is -0.280. The van der Waals surface area contributed by atoms with Gasteiger partial charge in [0.05, 0.1) is 13.2 Å². The second-order valence-corrected chi connectivity index (χ2v) is 8.64. The van der Waals surface area contributed by atoms with Crippen molar-refractivity contribution >= 4 is 22.3 Å². The third kappa shape index (κ3) is 3.81. The van der Waals surface area contributed by atoms with Crippen LogP contribution in [0.15, 0.2) is 18.2 Å². The Morgan fingerprint density at radius 1 is 1.37 bits per heavy atom. The maximum atomic E-state index is 12.6. The first-order valence-corrected chi connectivity index (χ1v) is 10.5. The molecule has 0 aliphatic carbocycles. The van der Waals surface area contributed by atoms with Gasteiger partial charge in [-0.1, -0.05) is 6.07 Å². The molecule has 0 radical (unpaired) electrons. The molecule has 4 rings (SSSR count). The highest BCUT2D eigenvalue weighted by molar-refractivity contribution is 7.80. The standard InChI is InChI=1S/C17H21N3O9S/c1-17(2)27-8-10(28-17)7-26-9-3-4-11-12(5-9)13-6-19(14(11)15(18)21)16(22)20(13)29-30(23,24)25/h3-5,10,13-14H,6-8H2,1-2H3,(H2,18,21)(H,23,24,25)/t10?,13-,14?/m1/s1. The van der Waals surface area contributed by atoms with Crippen molar-refractivity contribution in [2.75, 3.05) is 19.8 Å². The Morgan fingerprint density at radius 3 is 2.70 bits per heavy atom. The minimum atomic E-state index is -4.96. The lowest BCUT2D eigenvalue weighted by molar-refractivity contribution is -0.141. The van der Waals surface area contributed by atoms with Crippen LogP contribution in [0.2, 0.25) is 0 Å². The highest BCUT2D eigenvalue weighted by atomic mass is 32.3. The summed E-state index contributed by atoms with van der Waals surface area (Å²) in [6.45, 7) is 4.10. The van der Waals surface area contributed by atoms with E-state index in [-0.39, 0.29) is 19.3 Å². The van der Waals surface area contributed by atoms with Gasteiger partial charge in [0, 0.05) is 0 Å². The number of benzene rings is 1. The molecule has 3 N–H and O–H groups in total. The molecule has 0 spiro atoms. The van der Waals surface area contributed by atoms with Crippen molar-refractivity contribution in [3.05, 3.63) is 29.3 Å². The van der Waals surface area contributed by atoms with Crippen molar-refractivity contribution in [2.24, 2.45) is 5.73 Å². The van der Waals surface area contributed by atoms with Crippen LogP contribution in [0.4, 0.5) is 4.79 Å². The van der Waals surface area contributed by atoms with Crippen molar-refractivity contribution in [1.29, 1.82) is 0 Å². The van der Waals surface area contributed by atoms with Gasteiger partial charge in [-0.2, -0.15) is 13.5 Å². The number of hydrogen-bond acceptors (Lipinski definition) is 8. The molecule has 3 amide bonds. The molecular formula is C17H21N3O9S. The second kappa shape index (κ2) is 7.06. The van der Waals surface area contributed by atoms with Gasteiger partial charge in [-0.15, -0.1) is 4.28 Å². The van der Waals surface area contributed by atoms with Gasteiger partial charge >= 0.3 is 16.4 Å². The number of carbonyl (C=O) groups is 2. The quantitative estimate of drug-likeness (QED) is 0.589. The molecule has 3 heterocycles. The van der Waals surface area contributed by atoms with Gasteiger partial charge in [-0.3, -0.25) is 9.35 Å². The Morgan fingerprint density at radius 2 is 2.10 bits per heavy atom. The van der Waals surface area contributed by atoms with Gasteiger partial charge in [0.1, 0.15) is 30.5 Å². The second-order valence-electron chi connectivity index (χ2n) is 7.64. The van der Waals surface area contributed by atoms with Crippen molar-refractivity contribution in [2.45, 2.75) is 37.8 Å². The zero-order chi connectivity index (χ0) is 21.8. The van der Waals surface area contributed by atoms with Crippen LogP contribution in [0.5, 0.6) is 5.75 Å². The molecular weight excluding hydrogens is 422 g/mol. The van der Waals surface area contributed by atoms with Crippen LogP contribution in [0, 0.1) is 0 Å². The lowest BCUT2D eigenvalue weighted by Gasteiger charge is -2.31. The summed E-state index contributed by atoms with van der Waals surface area (Å²) in [5.41, 5.74) is 6.33. The maximum absolute atomic E-state index is 12.6. The Balaban J connectivity index is 1.62. The molecule has 0 saturated carbocycles. The Kier molecular flexibility index (Phi) is 4.90. The summed E-state index contributed by atoms with van der Waals surface area (Å²) in [6, 6.07) is 1.87. The average Bonchev–Trinajstić information content (AvgIpc) is 3.11. The molecule has 12 nitrogen and oxygen atoms in total. The number of hydrogen-bond donors (Lipinski definition) is 2. The Bertz CT molecular complexity index is 996. The molecule has 2 saturated heterocycles. The molecule has 1 aromatic carbocycles. The monoisotopic (exact) mass is 443 g/mol. The molecule has 30 heavy (non-hydrogen) atoms. The molecule has 3 atom stereocenters. The van der Waals surface area contributed by atoms with Gasteiger partial charge in [0.25, 0.3) is 0 Å². The fourth-order valence-corrected chi connectivity index (χ4v) is 4.28. The van der Waals surface area contributed by atoms with E-state index in [1.807, 2.05) is 0 Å². The fourth-order valence-electron chi connectivity index (χ4n) is 3.91.